The zero-order valence-corrected chi connectivity index (χ0v) is 14.4. The Morgan fingerprint density at radius 3 is 2.54 bits per heavy atom. The number of halogens is 2. The number of aromatic nitrogens is 1. The molecule has 5 heteroatoms. The fourth-order valence-electron chi connectivity index (χ4n) is 2.57. The molecule has 2 aromatic carbocycles. The molecule has 0 saturated carbocycles. The first-order valence-electron chi connectivity index (χ1n) is 7.23. The van der Waals surface area contributed by atoms with Gasteiger partial charge in [-0.2, -0.15) is 5.26 Å². The number of rotatable bonds is 2. The Morgan fingerprint density at radius 2 is 1.88 bits per heavy atom. The molecular formula is C19H13BrFN3. The molecule has 0 fully saturated rings. The second-order valence-electron chi connectivity index (χ2n) is 5.37. The Kier molecular flexibility index (Phi) is 4.32. The molecular weight excluding hydrogens is 369 g/mol. The summed E-state index contributed by atoms with van der Waals surface area (Å²) in [6.45, 7) is 1.99. The Balaban J connectivity index is 2.27. The largest absolute Gasteiger partial charge is 0.383 e. The van der Waals surface area contributed by atoms with Crippen LogP contribution in [0.15, 0.2) is 53.0 Å². The third-order valence-corrected chi connectivity index (χ3v) is 4.42. The molecule has 0 spiro atoms. The van der Waals surface area contributed by atoms with Gasteiger partial charge in [0.05, 0.1) is 10.2 Å². The van der Waals surface area contributed by atoms with E-state index in [1.807, 2.05) is 37.3 Å². The lowest BCUT2D eigenvalue weighted by Crippen LogP contribution is -2.00. The van der Waals surface area contributed by atoms with Gasteiger partial charge in [-0.05, 0) is 52.2 Å². The van der Waals surface area contributed by atoms with Gasteiger partial charge in [-0.15, -0.1) is 0 Å². The van der Waals surface area contributed by atoms with Crippen LogP contribution in [0.2, 0.25) is 0 Å². The molecule has 3 rings (SSSR count). The van der Waals surface area contributed by atoms with Crippen molar-refractivity contribution >= 4 is 21.7 Å². The predicted molar refractivity (Wildman–Crippen MR) is 96.6 cm³/mol. The average Bonchev–Trinajstić information content (AvgIpc) is 2.57. The topological polar surface area (TPSA) is 62.7 Å². The quantitative estimate of drug-likeness (QED) is 0.672. The first-order valence-corrected chi connectivity index (χ1v) is 8.02. The molecule has 0 bridgehead atoms. The number of nitrogen functional groups attached to an aromatic ring is 1. The van der Waals surface area contributed by atoms with Crippen molar-refractivity contribution in [3.8, 4) is 28.5 Å². The van der Waals surface area contributed by atoms with E-state index in [4.69, 9.17) is 5.73 Å². The molecule has 1 aromatic heterocycles. The summed E-state index contributed by atoms with van der Waals surface area (Å²) in [5.74, 6) is -0.202. The fourth-order valence-corrected chi connectivity index (χ4v) is 2.95. The average molecular weight is 382 g/mol. The first-order chi connectivity index (χ1) is 11.5. The lowest BCUT2D eigenvalue weighted by Gasteiger charge is -2.12. The molecule has 3 aromatic rings. The summed E-state index contributed by atoms with van der Waals surface area (Å²) in [6, 6.07) is 16.3. The van der Waals surface area contributed by atoms with E-state index in [0.29, 0.717) is 21.3 Å². The van der Waals surface area contributed by atoms with Crippen molar-refractivity contribution in [1.29, 1.82) is 5.26 Å². The van der Waals surface area contributed by atoms with E-state index in [9.17, 15) is 9.65 Å². The molecule has 0 amide bonds. The maximum Gasteiger partial charge on any atom is 0.142 e. The van der Waals surface area contributed by atoms with Gasteiger partial charge in [-0.1, -0.05) is 30.3 Å². The van der Waals surface area contributed by atoms with Crippen molar-refractivity contribution in [2.45, 2.75) is 6.92 Å². The van der Waals surface area contributed by atoms with Gasteiger partial charge >= 0.3 is 0 Å². The highest BCUT2D eigenvalue weighted by molar-refractivity contribution is 9.10. The third kappa shape index (κ3) is 2.89. The van der Waals surface area contributed by atoms with Crippen LogP contribution in [0, 0.1) is 24.1 Å². The minimum atomic E-state index is -0.363. The molecule has 118 valence electrons. The van der Waals surface area contributed by atoms with Gasteiger partial charge in [-0.25, -0.2) is 9.37 Å². The van der Waals surface area contributed by atoms with E-state index < -0.39 is 0 Å². The van der Waals surface area contributed by atoms with Gasteiger partial charge in [0.15, 0.2) is 0 Å². The molecule has 0 saturated heterocycles. The number of aryl methyl sites for hydroxylation is 1. The van der Waals surface area contributed by atoms with E-state index in [0.717, 1.165) is 11.1 Å². The highest BCUT2D eigenvalue weighted by Crippen LogP contribution is 2.33. The van der Waals surface area contributed by atoms with Gasteiger partial charge in [0.25, 0.3) is 0 Å². The van der Waals surface area contributed by atoms with Gasteiger partial charge in [0.1, 0.15) is 23.3 Å². The predicted octanol–water partition coefficient (Wildman–Crippen LogP) is 5.08. The van der Waals surface area contributed by atoms with Crippen molar-refractivity contribution in [1.82, 2.24) is 4.98 Å². The lowest BCUT2D eigenvalue weighted by atomic mass is 9.97. The van der Waals surface area contributed by atoms with E-state index in [-0.39, 0.29) is 17.2 Å². The van der Waals surface area contributed by atoms with Crippen molar-refractivity contribution in [2.75, 3.05) is 5.73 Å². The normalized spacial score (nSPS) is 10.4. The monoisotopic (exact) mass is 381 g/mol. The smallest absolute Gasteiger partial charge is 0.142 e. The van der Waals surface area contributed by atoms with Crippen LogP contribution in [0.25, 0.3) is 22.4 Å². The van der Waals surface area contributed by atoms with Crippen molar-refractivity contribution in [3.05, 3.63) is 69.9 Å². The van der Waals surface area contributed by atoms with Crippen molar-refractivity contribution in [3.63, 3.8) is 0 Å². The number of anilines is 1. The second kappa shape index (κ2) is 6.42. The minimum absolute atomic E-state index is 0.161. The van der Waals surface area contributed by atoms with Crippen LogP contribution in [0.3, 0.4) is 0 Å². The molecule has 2 N–H and O–H groups in total. The molecule has 1 heterocycles. The molecule has 0 atom stereocenters. The summed E-state index contributed by atoms with van der Waals surface area (Å²) in [6.07, 6.45) is 0. The molecule has 0 radical (unpaired) electrons. The summed E-state index contributed by atoms with van der Waals surface area (Å²) < 4.78 is 13.9. The summed E-state index contributed by atoms with van der Waals surface area (Å²) in [4.78, 5) is 4.37. The van der Waals surface area contributed by atoms with E-state index in [2.05, 4.69) is 27.0 Å². The maximum absolute atomic E-state index is 13.5. The summed E-state index contributed by atoms with van der Waals surface area (Å²) in [5, 5.41) is 9.44. The van der Waals surface area contributed by atoms with E-state index in [1.165, 1.54) is 6.07 Å². The number of hydrogen-bond acceptors (Lipinski definition) is 3. The number of nitrogens with zero attached hydrogens (tertiary/aromatic N) is 2. The highest BCUT2D eigenvalue weighted by Gasteiger charge is 2.15. The second-order valence-corrected chi connectivity index (χ2v) is 6.23. The van der Waals surface area contributed by atoms with Crippen LogP contribution >= 0.6 is 15.9 Å². The Bertz CT molecular complexity index is 977. The summed E-state index contributed by atoms with van der Waals surface area (Å²) in [5.41, 5.74) is 10.3. The zero-order chi connectivity index (χ0) is 17.3. The number of nitrogens with two attached hydrogens (primary N) is 1. The van der Waals surface area contributed by atoms with E-state index >= 15 is 0 Å². The lowest BCUT2D eigenvalue weighted by molar-refractivity contribution is 0.621. The molecule has 0 unspecified atom stereocenters. The van der Waals surface area contributed by atoms with Crippen LogP contribution in [-0.2, 0) is 0 Å². The summed E-state index contributed by atoms with van der Waals surface area (Å²) >= 11 is 3.18. The van der Waals surface area contributed by atoms with Crippen LogP contribution < -0.4 is 5.73 Å². The number of hydrogen-bond donors (Lipinski definition) is 1. The highest BCUT2D eigenvalue weighted by atomic mass is 79.9. The number of pyridine rings is 1. The molecule has 24 heavy (non-hydrogen) atoms. The number of nitriles is 1. The molecule has 0 aliphatic carbocycles. The van der Waals surface area contributed by atoms with Gasteiger partial charge < -0.3 is 5.73 Å². The molecule has 0 aliphatic rings. The van der Waals surface area contributed by atoms with Crippen molar-refractivity contribution in [2.24, 2.45) is 0 Å². The maximum atomic E-state index is 13.5. The summed E-state index contributed by atoms with van der Waals surface area (Å²) in [7, 11) is 0. The van der Waals surface area contributed by atoms with Gasteiger partial charge in [0.2, 0.25) is 0 Å². The first kappa shape index (κ1) is 16.2. The molecule has 0 aliphatic heterocycles. The fraction of sp³-hybridized carbons (Fsp3) is 0.0526. The number of benzene rings is 2. The minimum Gasteiger partial charge on any atom is -0.383 e. The van der Waals surface area contributed by atoms with Crippen LogP contribution in [0.4, 0.5) is 10.2 Å². The van der Waals surface area contributed by atoms with Gasteiger partial charge in [-0.3, -0.25) is 0 Å². The SMILES string of the molecule is Cc1ccccc1-c1cc(-c2ccc(F)c(Br)c2)c(C#N)c(N)n1. The van der Waals surface area contributed by atoms with Crippen LogP contribution in [0.5, 0.6) is 0 Å². The Labute approximate surface area is 147 Å². The molecule has 3 nitrogen and oxygen atoms in total. The van der Waals surface area contributed by atoms with Gasteiger partial charge in [0, 0.05) is 11.1 Å². The Morgan fingerprint density at radius 1 is 1.12 bits per heavy atom. The Hall–Kier alpha value is -2.71. The standard InChI is InChI=1S/C19H13BrFN3/c1-11-4-2-3-5-13(11)18-9-14(15(10-22)19(23)24-18)12-6-7-17(21)16(20)8-12/h2-9H,1H3,(H2,23,24). The zero-order valence-electron chi connectivity index (χ0n) is 12.8. The van der Waals surface area contributed by atoms with E-state index in [1.54, 1.807) is 12.1 Å². The van der Waals surface area contributed by atoms with Crippen LogP contribution in [0.1, 0.15) is 11.1 Å². The third-order valence-electron chi connectivity index (χ3n) is 3.81. The van der Waals surface area contributed by atoms with Crippen molar-refractivity contribution < 1.29 is 4.39 Å². The van der Waals surface area contributed by atoms with Crippen LogP contribution in [-0.4, -0.2) is 4.98 Å².